The highest BCUT2D eigenvalue weighted by Crippen LogP contribution is 2.15. The molecule has 5 nitrogen and oxygen atoms in total. The number of carbonyl (C=O) groups excluding carboxylic acids is 1. The Balaban J connectivity index is 1.87. The van der Waals surface area contributed by atoms with E-state index in [9.17, 15) is 9.59 Å². The average molecular weight is 340 g/mol. The van der Waals surface area contributed by atoms with Gasteiger partial charge in [0, 0.05) is 29.3 Å². The van der Waals surface area contributed by atoms with Gasteiger partial charge in [-0.1, -0.05) is 29.8 Å². The molecule has 0 aliphatic rings. The van der Waals surface area contributed by atoms with Crippen molar-refractivity contribution in [3.63, 3.8) is 0 Å². The molecule has 1 N–H and O–H groups in total. The zero-order valence-electron chi connectivity index (χ0n) is 12.6. The lowest BCUT2D eigenvalue weighted by Gasteiger charge is -2.10. The first-order chi connectivity index (χ1) is 11.6. The molecule has 0 bridgehead atoms. The molecule has 2 heterocycles. The second kappa shape index (κ2) is 7.10. The van der Waals surface area contributed by atoms with E-state index in [0.717, 1.165) is 5.56 Å². The van der Waals surface area contributed by atoms with Gasteiger partial charge >= 0.3 is 0 Å². The normalized spacial score (nSPS) is 10.4. The molecule has 0 aliphatic heterocycles. The van der Waals surface area contributed by atoms with Crippen molar-refractivity contribution in [2.75, 3.05) is 5.32 Å². The summed E-state index contributed by atoms with van der Waals surface area (Å²) in [5, 5.41) is 3.26. The van der Waals surface area contributed by atoms with Crippen LogP contribution in [0.15, 0.2) is 71.9 Å². The predicted octanol–water partition coefficient (Wildman–Crippen LogP) is 3.20. The minimum Gasteiger partial charge on any atom is -0.322 e. The Labute approximate surface area is 143 Å². The van der Waals surface area contributed by atoms with E-state index in [-0.39, 0.29) is 11.1 Å². The summed E-state index contributed by atoms with van der Waals surface area (Å²) in [5.41, 5.74) is 1.09. The van der Waals surface area contributed by atoms with Crippen LogP contribution in [0.25, 0.3) is 0 Å². The highest BCUT2D eigenvalue weighted by Gasteiger charge is 2.13. The molecular weight excluding hydrogens is 326 g/mol. The van der Waals surface area contributed by atoms with Gasteiger partial charge in [0.05, 0.1) is 6.54 Å². The van der Waals surface area contributed by atoms with Gasteiger partial charge < -0.3 is 9.88 Å². The second-order valence-electron chi connectivity index (χ2n) is 5.14. The maximum atomic E-state index is 12.6. The number of nitrogens with one attached hydrogen (secondary N) is 1. The maximum absolute atomic E-state index is 12.6. The van der Waals surface area contributed by atoms with Crippen LogP contribution in [-0.2, 0) is 6.54 Å². The van der Waals surface area contributed by atoms with Crippen LogP contribution in [0.2, 0.25) is 5.02 Å². The standard InChI is InChI=1S/C18H14ClN3O2/c19-16-6-2-1-4-13(16)12-22-11-3-5-15(18(22)24)17(23)21-14-7-9-20-10-8-14/h1-11H,12H2,(H,20,21,23). The number of hydrogen-bond donors (Lipinski definition) is 1. The van der Waals surface area contributed by atoms with Gasteiger partial charge in [-0.05, 0) is 35.9 Å². The molecule has 0 fully saturated rings. The molecule has 0 radical (unpaired) electrons. The van der Waals surface area contributed by atoms with Crippen molar-refractivity contribution in [3.05, 3.63) is 93.6 Å². The Morgan fingerprint density at radius 3 is 2.58 bits per heavy atom. The number of pyridine rings is 2. The van der Waals surface area contributed by atoms with Gasteiger partial charge in [-0.2, -0.15) is 0 Å². The van der Waals surface area contributed by atoms with E-state index in [1.54, 1.807) is 42.9 Å². The Bertz CT molecular complexity index is 923. The number of nitrogens with zero attached hydrogens (tertiary/aromatic N) is 2. The lowest BCUT2D eigenvalue weighted by molar-refractivity contribution is 0.102. The van der Waals surface area contributed by atoms with Crippen molar-refractivity contribution < 1.29 is 4.79 Å². The molecule has 3 rings (SSSR count). The number of rotatable bonds is 4. The fourth-order valence-electron chi connectivity index (χ4n) is 2.28. The first-order valence-corrected chi connectivity index (χ1v) is 7.67. The minimum atomic E-state index is -0.459. The average Bonchev–Trinajstić information content (AvgIpc) is 2.59. The van der Waals surface area contributed by atoms with E-state index in [4.69, 9.17) is 11.6 Å². The summed E-state index contributed by atoms with van der Waals surface area (Å²) in [6.07, 6.45) is 4.77. The fourth-order valence-corrected chi connectivity index (χ4v) is 2.47. The SMILES string of the molecule is O=C(Nc1ccncc1)c1cccn(Cc2ccccc2Cl)c1=O. The fraction of sp³-hybridized carbons (Fsp3) is 0.0556. The molecule has 0 saturated heterocycles. The summed E-state index contributed by atoms with van der Waals surface area (Å²) < 4.78 is 1.46. The number of aromatic nitrogens is 2. The number of benzene rings is 1. The van der Waals surface area contributed by atoms with Crippen LogP contribution < -0.4 is 10.9 Å². The van der Waals surface area contributed by atoms with Gasteiger partial charge in [-0.25, -0.2) is 0 Å². The summed E-state index contributed by atoms with van der Waals surface area (Å²) in [6.45, 7) is 0.300. The van der Waals surface area contributed by atoms with Crippen molar-refractivity contribution in [2.45, 2.75) is 6.54 Å². The zero-order valence-corrected chi connectivity index (χ0v) is 13.4. The van der Waals surface area contributed by atoms with Crippen LogP contribution in [0.5, 0.6) is 0 Å². The third-order valence-corrected chi connectivity index (χ3v) is 3.87. The highest BCUT2D eigenvalue weighted by atomic mass is 35.5. The zero-order chi connectivity index (χ0) is 16.9. The molecule has 0 aliphatic carbocycles. The van der Waals surface area contributed by atoms with Gasteiger partial charge in [0.2, 0.25) is 0 Å². The number of amides is 1. The van der Waals surface area contributed by atoms with E-state index in [1.165, 1.54) is 10.6 Å². The third kappa shape index (κ3) is 3.52. The predicted molar refractivity (Wildman–Crippen MR) is 93.4 cm³/mol. The van der Waals surface area contributed by atoms with E-state index in [1.807, 2.05) is 18.2 Å². The van der Waals surface area contributed by atoms with Crippen LogP contribution >= 0.6 is 11.6 Å². The van der Waals surface area contributed by atoms with Crippen molar-refractivity contribution >= 4 is 23.2 Å². The Hall–Kier alpha value is -2.92. The molecule has 0 spiro atoms. The summed E-state index contributed by atoms with van der Waals surface area (Å²) in [6, 6.07) is 13.8. The molecule has 0 atom stereocenters. The number of carbonyl (C=O) groups is 1. The summed E-state index contributed by atoms with van der Waals surface area (Å²) >= 11 is 6.14. The largest absolute Gasteiger partial charge is 0.322 e. The molecule has 2 aromatic heterocycles. The Kier molecular flexibility index (Phi) is 4.72. The Morgan fingerprint density at radius 1 is 1.08 bits per heavy atom. The molecule has 0 saturated carbocycles. The van der Waals surface area contributed by atoms with E-state index in [2.05, 4.69) is 10.3 Å². The van der Waals surface area contributed by atoms with Crippen LogP contribution in [0.3, 0.4) is 0 Å². The summed E-state index contributed by atoms with van der Waals surface area (Å²) in [7, 11) is 0. The van der Waals surface area contributed by atoms with Gasteiger partial charge in [-0.15, -0.1) is 0 Å². The quantitative estimate of drug-likeness (QED) is 0.794. The molecule has 1 aromatic carbocycles. The smallest absolute Gasteiger partial charge is 0.263 e. The minimum absolute atomic E-state index is 0.0707. The van der Waals surface area contributed by atoms with Crippen molar-refractivity contribution in [2.24, 2.45) is 0 Å². The highest BCUT2D eigenvalue weighted by molar-refractivity contribution is 6.31. The van der Waals surface area contributed by atoms with E-state index < -0.39 is 5.91 Å². The lowest BCUT2D eigenvalue weighted by atomic mass is 10.2. The van der Waals surface area contributed by atoms with Crippen LogP contribution in [-0.4, -0.2) is 15.5 Å². The Morgan fingerprint density at radius 2 is 1.83 bits per heavy atom. The van der Waals surface area contributed by atoms with Crippen molar-refractivity contribution in [1.82, 2.24) is 9.55 Å². The molecule has 1 amide bonds. The second-order valence-corrected chi connectivity index (χ2v) is 5.54. The number of anilines is 1. The van der Waals surface area contributed by atoms with Gasteiger partial charge in [-0.3, -0.25) is 14.6 Å². The van der Waals surface area contributed by atoms with Gasteiger partial charge in [0.25, 0.3) is 11.5 Å². The number of halogens is 1. The summed E-state index contributed by atoms with van der Waals surface area (Å²) in [5.74, 6) is -0.459. The lowest BCUT2D eigenvalue weighted by Crippen LogP contribution is -2.29. The van der Waals surface area contributed by atoms with Crippen molar-refractivity contribution in [3.8, 4) is 0 Å². The summed E-state index contributed by atoms with van der Waals surface area (Å²) in [4.78, 5) is 28.8. The molecule has 120 valence electrons. The molecule has 6 heteroatoms. The van der Waals surface area contributed by atoms with Gasteiger partial charge in [0.1, 0.15) is 5.56 Å². The molecule has 0 unspecified atom stereocenters. The molecule has 24 heavy (non-hydrogen) atoms. The molecule has 3 aromatic rings. The van der Waals surface area contributed by atoms with Crippen LogP contribution in [0.4, 0.5) is 5.69 Å². The van der Waals surface area contributed by atoms with Crippen molar-refractivity contribution in [1.29, 1.82) is 0 Å². The maximum Gasteiger partial charge on any atom is 0.263 e. The molecular formula is C18H14ClN3O2. The van der Waals surface area contributed by atoms with E-state index >= 15 is 0 Å². The van der Waals surface area contributed by atoms with E-state index in [0.29, 0.717) is 17.3 Å². The topological polar surface area (TPSA) is 64.0 Å². The third-order valence-electron chi connectivity index (χ3n) is 3.50. The van der Waals surface area contributed by atoms with Crippen LogP contribution in [0.1, 0.15) is 15.9 Å². The first-order valence-electron chi connectivity index (χ1n) is 7.29. The number of hydrogen-bond acceptors (Lipinski definition) is 3. The van der Waals surface area contributed by atoms with Crippen LogP contribution in [0, 0.1) is 0 Å². The van der Waals surface area contributed by atoms with Gasteiger partial charge in [0.15, 0.2) is 0 Å². The first kappa shape index (κ1) is 16.0. The monoisotopic (exact) mass is 339 g/mol.